The van der Waals surface area contributed by atoms with Gasteiger partial charge in [-0.15, -0.1) is 0 Å². The predicted molar refractivity (Wildman–Crippen MR) is 57.6 cm³/mol. The van der Waals surface area contributed by atoms with Crippen molar-refractivity contribution in [2.75, 3.05) is 6.54 Å². The molecule has 1 atom stereocenters. The highest BCUT2D eigenvalue weighted by molar-refractivity contribution is 5.77. The highest BCUT2D eigenvalue weighted by atomic mass is 16.2. The van der Waals surface area contributed by atoms with E-state index in [1.54, 1.807) is 23.3 Å². The molecule has 1 aromatic rings. The summed E-state index contributed by atoms with van der Waals surface area (Å²) < 4.78 is 1.56. The van der Waals surface area contributed by atoms with Gasteiger partial charge in [-0.2, -0.15) is 0 Å². The molecule has 0 N–H and O–H groups in total. The summed E-state index contributed by atoms with van der Waals surface area (Å²) in [5, 5.41) is 0. The van der Waals surface area contributed by atoms with Crippen LogP contribution in [-0.4, -0.2) is 33.1 Å². The molecular formula is C11H17N3O. The molecule has 0 saturated carbocycles. The lowest BCUT2D eigenvalue weighted by molar-refractivity contribution is 0.180. The summed E-state index contributed by atoms with van der Waals surface area (Å²) in [4.78, 5) is 17.9. The fourth-order valence-corrected chi connectivity index (χ4v) is 2.24. The van der Waals surface area contributed by atoms with Crippen molar-refractivity contribution < 1.29 is 4.79 Å². The molecule has 1 amide bonds. The lowest BCUT2D eigenvalue weighted by Gasteiger charge is -2.27. The standard InChI is InChI=1S/C11H17N3O/c1-9(2)10-4-3-6-14(10)11(15)13-7-5-12-8-13/h5,7-10H,3-4,6H2,1-2H3/t10-/m0/s1. The number of hydrogen-bond acceptors (Lipinski definition) is 2. The molecule has 1 aromatic heterocycles. The molecule has 1 saturated heterocycles. The third-order valence-electron chi connectivity index (χ3n) is 3.04. The maximum atomic E-state index is 12.1. The van der Waals surface area contributed by atoms with E-state index in [1.807, 2.05) is 4.90 Å². The molecule has 4 heteroatoms. The van der Waals surface area contributed by atoms with E-state index in [-0.39, 0.29) is 6.03 Å². The second-order valence-electron chi connectivity index (χ2n) is 4.40. The summed E-state index contributed by atoms with van der Waals surface area (Å²) in [6.07, 6.45) is 7.15. The summed E-state index contributed by atoms with van der Waals surface area (Å²) in [6.45, 7) is 5.22. The van der Waals surface area contributed by atoms with Crippen molar-refractivity contribution in [1.82, 2.24) is 14.5 Å². The Morgan fingerprint density at radius 1 is 1.53 bits per heavy atom. The molecule has 0 spiro atoms. The number of amides is 1. The first-order chi connectivity index (χ1) is 7.20. The maximum Gasteiger partial charge on any atom is 0.329 e. The molecule has 82 valence electrons. The van der Waals surface area contributed by atoms with Gasteiger partial charge in [0.2, 0.25) is 0 Å². The monoisotopic (exact) mass is 207 g/mol. The topological polar surface area (TPSA) is 38.1 Å². The average molecular weight is 207 g/mol. The minimum absolute atomic E-state index is 0.0590. The molecule has 1 aliphatic heterocycles. The van der Waals surface area contributed by atoms with Crippen molar-refractivity contribution in [2.24, 2.45) is 5.92 Å². The Balaban J connectivity index is 2.13. The predicted octanol–water partition coefficient (Wildman–Crippen LogP) is 1.97. The molecular weight excluding hydrogens is 190 g/mol. The van der Waals surface area contributed by atoms with E-state index in [4.69, 9.17) is 0 Å². The summed E-state index contributed by atoms with van der Waals surface area (Å²) in [5.74, 6) is 0.528. The van der Waals surface area contributed by atoms with Crippen LogP contribution in [0, 0.1) is 5.92 Å². The fourth-order valence-electron chi connectivity index (χ4n) is 2.24. The Bertz CT molecular complexity index is 332. The van der Waals surface area contributed by atoms with Crippen LogP contribution in [-0.2, 0) is 0 Å². The van der Waals surface area contributed by atoms with E-state index in [2.05, 4.69) is 18.8 Å². The van der Waals surface area contributed by atoms with E-state index in [9.17, 15) is 4.79 Å². The first kappa shape index (κ1) is 10.2. The van der Waals surface area contributed by atoms with Gasteiger partial charge >= 0.3 is 6.03 Å². The zero-order chi connectivity index (χ0) is 10.8. The SMILES string of the molecule is CC(C)[C@@H]1CCCN1C(=O)n1ccnc1. The van der Waals surface area contributed by atoms with Crippen LogP contribution in [0.25, 0.3) is 0 Å². The smallest absolute Gasteiger partial charge is 0.321 e. The Morgan fingerprint density at radius 3 is 2.93 bits per heavy atom. The zero-order valence-corrected chi connectivity index (χ0v) is 9.26. The summed E-state index contributed by atoms with van der Waals surface area (Å²) in [5.41, 5.74) is 0. The average Bonchev–Trinajstić information content (AvgIpc) is 2.88. The van der Waals surface area contributed by atoms with E-state index in [1.165, 1.54) is 0 Å². The first-order valence-corrected chi connectivity index (χ1v) is 5.49. The van der Waals surface area contributed by atoms with Crippen LogP contribution in [0.15, 0.2) is 18.7 Å². The third kappa shape index (κ3) is 1.89. The number of imidazole rings is 1. The minimum Gasteiger partial charge on any atom is -0.321 e. The summed E-state index contributed by atoms with van der Waals surface area (Å²) in [7, 11) is 0. The zero-order valence-electron chi connectivity index (χ0n) is 9.26. The number of aromatic nitrogens is 2. The van der Waals surface area contributed by atoms with E-state index >= 15 is 0 Å². The maximum absolute atomic E-state index is 12.1. The van der Waals surface area contributed by atoms with E-state index in [0.717, 1.165) is 19.4 Å². The minimum atomic E-state index is 0.0590. The molecule has 1 fully saturated rings. The highest BCUT2D eigenvalue weighted by Gasteiger charge is 2.31. The van der Waals surface area contributed by atoms with Crippen LogP contribution in [0.2, 0.25) is 0 Å². The van der Waals surface area contributed by atoms with Gasteiger partial charge in [-0.3, -0.25) is 4.57 Å². The van der Waals surface area contributed by atoms with Crippen molar-refractivity contribution in [1.29, 1.82) is 0 Å². The summed E-state index contributed by atoms with van der Waals surface area (Å²) in [6, 6.07) is 0.448. The van der Waals surface area contributed by atoms with Gasteiger partial charge in [-0.05, 0) is 18.8 Å². The first-order valence-electron chi connectivity index (χ1n) is 5.49. The van der Waals surface area contributed by atoms with Crippen LogP contribution in [0.5, 0.6) is 0 Å². The molecule has 0 radical (unpaired) electrons. The third-order valence-corrected chi connectivity index (χ3v) is 3.04. The van der Waals surface area contributed by atoms with E-state index < -0.39 is 0 Å². The van der Waals surface area contributed by atoms with Crippen LogP contribution in [0.4, 0.5) is 4.79 Å². The van der Waals surface area contributed by atoms with Gasteiger partial charge in [0.25, 0.3) is 0 Å². The molecule has 0 unspecified atom stereocenters. The number of hydrogen-bond donors (Lipinski definition) is 0. The molecule has 1 aliphatic rings. The van der Waals surface area contributed by atoms with E-state index in [0.29, 0.717) is 12.0 Å². The van der Waals surface area contributed by atoms with Crippen molar-refractivity contribution >= 4 is 6.03 Å². The molecule has 2 heterocycles. The van der Waals surface area contributed by atoms with Gasteiger partial charge < -0.3 is 4.90 Å². The molecule has 0 aromatic carbocycles. The quantitative estimate of drug-likeness (QED) is 0.706. The normalized spacial score (nSPS) is 21.3. The van der Waals surface area contributed by atoms with Gasteiger partial charge in [0.15, 0.2) is 0 Å². The summed E-state index contributed by atoms with van der Waals surface area (Å²) >= 11 is 0. The fraction of sp³-hybridized carbons (Fsp3) is 0.636. The van der Waals surface area contributed by atoms with Crippen molar-refractivity contribution in [3.05, 3.63) is 18.7 Å². The Morgan fingerprint density at radius 2 is 2.33 bits per heavy atom. The highest BCUT2D eigenvalue weighted by Crippen LogP contribution is 2.24. The second-order valence-corrected chi connectivity index (χ2v) is 4.40. The van der Waals surface area contributed by atoms with Crippen LogP contribution >= 0.6 is 0 Å². The second kappa shape index (κ2) is 4.04. The number of likely N-dealkylation sites (tertiary alicyclic amines) is 1. The van der Waals surface area contributed by atoms with Gasteiger partial charge in [0.05, 0.1) is 0 Å². The van der Waals surface area contributed by atoms with Gasteiger partial charge in [-0.1, -0.05) is 13.8 Å². The lowest BCUT2D eigenvalue weighted by atomic mass is 10.0. The van der Waals surface area contributed by atoms with Gasteiger partial charge in [0, 0.05) is 25.0 Å². The van der Waals surface area contributed by atoms with Crippen molar-refractivity contribution in [2.45, 2.75) is 32.7 Å². The van der Waals surface area contributed by atoms with Crippen LogP contribution in [0.1, 0.15) is 26.7 Å². The van der Waals surface area contributed by atoms with Crippen molar-refractivity contribution in [3.8, 4) is 0 Å². The molecule has 15 heavy (non-hydrogen) atoms. The number of carbonyl (C=O) groups excluding carboxylic acids is 1. The molecule has 0 bridgehead atoms. The lowest BCUT2D eigenvalue weighted by Crippen LogP contribution is -2.40. The molecule has 4 nitrogen and oxygen atoms in total. The molecule has 2 rings (SSSR count). The Labute approximate surface area is 89.9 Å². The Kier molecular flexibility index (Phi) is 2.75. The van der Waals surface area contributed by atoms with Crippen molar-refractivity contribution in [3.63, 3.8) is 0 Å². The molecule has 0 aliphatic carbocycles. The van der Waals surface area contributed by atoms with Gasteiger partial charge in [-0.25, -0.2) is 9.78 Å². The van der Waals surface area contributed by atoms with Crippen LogP contribution in [0.3, 0.4) is 0 Å². The number of rotatable bonds is 1. The van der Waals surface area contributed by atoms with Crippen LogP contribution < -0.4 is 0 Å². The largest absolute Gasteiger partial charge is 0.329 e. The number of carbonyl (C=O) groups is 1. The number of nitrogens with zero attached hydrogens (tertiary/aromatic N) is 3. The van der Waals surface area contributed by atoms with Gasteiger partial charge in [0.1, 0.15) is 6.33 Å². The Hall–Kier alpha value is -1.32.